The zero-order valence-corrected chi connectivity index (χ0v) is 10.5. The minimum Gasteiger partial charge on any atom is -0.480 e. The van der Waals surface area contributed by atoms with Crippen molar-refractivity contribution in [2.75, 3.05) is 5.32 Å². The molecule has 100 valence electrons. The van der Waals surface area contributed by atoms with Crippen LogP contribution in [0.5, 0.6) is 0 Å². The molecule has 1 atom stereocenters. The maximum absolute atomic E-state index is 11.0. The molecule has 0 radical (unpaired) electrons. The van der Waals surface area contributed by atoms with Crippen molar-refractivity contribution in [1.29, 1.82) is 0 Å². The molecule has 2 N–H and O–H groups in total. The summed E-state index contributed by atoms with van der Waals surface area (Å²) in [5.74, 6) is -0.364. The SMILES string of the molecule is CCCC(Nc1noc(-c2ccccc2)n1)C(=O)O. The van der Waals surface area contributed by atoms with Crippen molar-refractivity contribution in [2.45, 2.75) is 25.8 Å². The molecule has 0 saturated heterocycles. The lowest BCUT2D eigenvalue weighted by Crippen LogP contribution is -2.29. The fourth-order valence-corrected chi connectivity index (χ4v) is 1.68. The Kier molecular flexibility index (Phi) is 4.12. The summed E-state index contributed by atoms with van der Waals surface area (Å²) in [4.78, 5) is 15.2. The Labute approximate surface area is 110 Å². The number of rotatable bonds is 6. The molecule has 0 aliphatic carbocycles. The van der Waals surface area contributed by atoms with Crippen molar-refractivity contribution in [3.8, 4) is 11.5 Å². The highest BCUT2D eigenvalue weighted by atomic mass is 16.5. The number of carbonyl (C=O) groups is 1. The average Bonchev–Trinajstić information content (AvgIpc) is 2.88. The van der Waals surface area contributed by atoms with Crippen LogP contribution < -0.4 is 5.32 Å². The third-order valence-electron chi connectivity index (χ3n) is 2.63. The molecule has 0 amide bonds. The largest absolute Gasteiger partial charge is 0.480 e. The fraction of sp³-hybridized carbons (Fsp3) is 0.308. The Balaban J connectivity index is 2.11. The van der Waals surface area contributed by atoms with E-state index < -0.39 is 12.0 Å². The molecule has 1 heterocycles. The van der Waals surface area contributed by atoms with E-state index in [1.165, 1.54) is 0 Å². The average molecular weight is 261 g/mol. The van der Waals surface area contributed by atoms with Gasteiger partial charge in [-0.15, -0.1) is 0 Å². The third-order valence-corrected chi connectivity index (χ3v) is 2.63. The molecular weight excluding hydrogens is 246 g/mol. The first-order valence-electron chi connectivity index (χ1n) is 6.09. The first kappa shape index (κ1) is 13.1. The molecule has 2 rings (SSSR count). The maximum atomic E-state index is 11.0. The van der Waals surface area contributed by atoms with Gasteiger partial charge in [-0.1, -0.05) is 31.5 Å². The van der Waals surface area contributed by atoms with Gasteiger partial charge in [-0.25, -0.2) is 4.79 Å². The molecule has 19 heavy (non-hydrogen) atoms. The van der Waals surface area contributed by atoms with Crippen LogP contribution in [0.4, 0.5) is 5.95 Å². The Morgan fingerprint density at radius 1 is 1.42 bits per heavy atom. The zero-order chi connectivity index (χ0) is 13.7. The van der Waals surface area contributed by atoms with Gasteiger partial charge in [0.05, 0.1) is 0 Å². The van der Waals surface area contributed by atoms with Gasteiger partial charge < -0.3 is 14.9 Å². The highest BCUT2D eigenvalue weighted by molar-refractivity contribution is 5.76. The number of hydrogen-bond donors (Lipinski definition) is 2. The molecule has 1 unspecified atom stereocenters. The van der Waals surface area contributed by atoms with Crippen molar-refractivity contribution in [3.63, 3.8) is 0 Å². The molecule has 0 bridgehead atoms. The van der Waals surface area contributed by atoms with Gasteiger partial charge in [0.25, 0.3) is 11.8 Å². The Morgan fingerprint density at radius 2 is 2.16 bits per heavy atom. The van der Waals surface area contributed by atoms with Gasteiger partial charge >= 0.3 is 5.97 Å². The molecule has 6 nitrogen and oxygen atoms in total. The number of benzene rings is 1. The summed E-state index contributed by atoms with van der Waals surface area (Å²) in [6, 6.07) is 8.61. The van der Waals surface area contributed by atoms with Crippen LogP contribution >= 0.6 is 0 Å². The van der Waals surface area contributed by atoms with Crippen molar-refractivity contribution in [3.05, 3.63) is 30.3 Å². The second kappa shape index (κ2) is 5.99. The maximum Gasteiger partial charge on any atom is 0.326 e. The second-order valence-electron chi connectivity index (χ2n) is 4.11. The molecule has 6 heteroatoms. The van der Waals surface area contributed by atoms with Crippen molar-refractivity contribution >= 4 is 11.9 Å². The lowest BCUT2D eigenvalue weighted by Gasteiger charge is -2.10. The van der Waals surface area contributed by atoms with E-state index in [9.17, 15) is 4.79 Å². The van der Waals surface area contributed by atoms with Gasteiger partial charge in [0.15, 0.2) is 0 Å². The number of carboxylic acid groups (broad SMARTS) is 1. The minimum atomic E-state index is -0.923. The highest BCUT2D eigenvalue weighted by Gasteiger charge is 2.18. The summed E-state index contributed by atoms with van der Waals surface area (Å²) in [6.45, 7) is 1.92. The lowest BCUT2D eigenvalue weighted by atomic mass is 10.2. The zero-order valence-electron chi connectivity index (χ0n) is 10.5. The molecule has 2 aromatic rings. The summed E-state index contributed by atoms with van der Waals surface area (Å²) in [7, 11) is 0. The van der Waals surface area contributed by atoms with E-state index in [-0.39, 0.29) is 5.95 Å². The quantitative estimate of drug-likeness (QED) is 0.830. The van der Waals surface area contributed by atoms with Gasteiger partial charge in [-0.05, 0) is 23.7 Å². The van der Waals surface area contributed by atoms with Gasteiger partial charge in [-0.3, -0.25) is 0 Å². The Hall–Kier alpha value is -2.37. The molecule has 0 spiro atoms. The van der Waals surface area contributed by atoms with Gasteiger partial charge in [0.2, 0.25) is 0 Å². The molecule has 0 fully saturated rings. The van der Waals surface area contributed by atoms with Crippen LogP contribution in [-0.4, -0.2) is 27.3 Å². The standard InChI is InChI=1S/C13H15N3O3/c1-2-6-10(12(17)18)14-13-15-11(19-16-13)9-7-4-3-5-8-9/h3-5,7-8,10H,2,6H2,1H3,(H,14,16)(H,17,18). The van der Waals surface area contributed by atoms with Gasteiger partial charge in [0.1, 0.15) is 6.04 Å². The van der Waals surface area contributed by atoms with Crippen LogP contribution in [0, 0.1) is 0 Å². The number of nitrogens with zero attached hydrogens (tertiary/aromatic N) is 2. The van der Waals surface area contributed by atoms with E-state index in [4.69, 9.17) is 9.63 Å². The van der Waals surface area contributed by atoms with Crippen LogP contribution in [0.3, 0.4) is 0 Å². The van der Waals surface area contributed by atoms with E-state index in [0.717, 1.165) is 12.0 Å². The van der Waals surface area contributed by atoms with E-state index in [1.807, 2.05) is 37.3 Å². The van der Waals surface area contributed by atoms with E-state index in [0.29, 0.717) is 12.3 Å². The van der Waals surface area contributed by atoms with Gasteiger partial charge in [0, 0.05) is 5.56 Å². The summed E-state index contributed by atoms with van der Waals surface area (Å²) >= 11 is 0. The van der Waals surface area contributed by atoms with Crippen molar-refractivity contribution in [2.24, 2.45) is 0 Å². The molecular formula is C13H15N3O3. The Morgan fingerprint density at radius 3 is 2.79 bits per heavy atom. The topological polar surface area (TPSA) is 88.3 Å². The first-order chi connectivity index (χ1) is 9.20. The molecule has 0 aliphatic heterocycles. The molecule has 1 aromatic carbocycles. The Bertz CT molecular complexity index is 539. The third kappa shape index (κ3) is 3.31. The highest BCUT2D eigenvalue weighted by Crippen LogP contribution is 2.18. The van der Waals surface area contributed by atoms with E-state index >= 15 is 0 Å². The van der Waals surface area contributed by atoms with E-state index in [2.05, 4.69) is 15.5 Å². The van der Waals surface area contributed by atoms with Crippen molar-refractivity contribution < 1.29 is 14.4 Å². The number of carboxylic acids is 1. The second-order valence-corrected chi connectivity index (χ2v) is 4.11. The molecule has 0 saturated carbocycles. The van der Waals surface area contributed by atoms with Crippen LogP contribution in [0.15, 0.2) is 34.9 Å². The number of aromatic nitrogens is 2. The van der Waals surface area contributed by atoms with Crippen LogP contribution in [0.2, 0.25) is 0 Å². The number of nitrogens with one attached hydrogen (secondary N) is 1. The summed E-state index contributed by atoms with van der Waals surface area (Å²) in [5.41, 5.74) is 0.797. The molecule has 0 aliphatic rings. The van der Waals surface area contributed by atoms with Crippen molar-refractivity contribution in [1.82, 2.24) is 10.1 Å². The van der Waals surface area contributed by atoms with Gasteiger partial charge in [-0.2, -0.15) is 4.98 Å². The van der Waals surface area contributed by atoms with Crippen LogP contribution in [-0.2, 0) is 4.79 Å². The molecule has 1 aromatic heterocycles. The number of hydrogen-bond acceptors (Lipinski definition) is 5. The predicted octanol–water partition coefficient (Wildman–Crippen LogP) is 2.40. The first-order valence-corrected chi connectivity index (χ1v) is 6.09. The van der Waals surface area contributed by atoms with E-state index in [1.54, 1.807) is 0 Å². The monoisotopic (exact) mass is 261 g/mol. The summed E-state index contributed by atoms with van der Waals surface area (Å²) < 4.78 is 5.09. The number of anilines is 1. The number of aliphatic carboxylic acids is 1. The fourth-order valence-electron chi connectivity index (χ4n) is 1.68. The van der Waals surface area contributed by atoms with Crippen LogP contribution in [0.1, 0.15) is 19.8 Å². The van der Waals surface area contributed by atoms with Crippen LogP contribution in [0.25, 0.3) is 11.5 Å². The predicted molar refractivity (Wildman–Crippen MR) is 69.7 cm³/mol. The summed E-state index contributed by atoms with van der Waals surface area (Å²) in [6.07, 6.45) is 1.26. The smallest absolute Gasteiger partial charge is 0.326 e. The summed E-state index contributed by atoms with van der Waals surface area (Å²) in [5, 5.41) is 15.5. The lowest BCUT2D eigenvalue weighted by molar-refractivity contribution is -0.138. The normalized spacial score (nSPS) is 12.1. The minimum absolute atomic E-state index is 0.194.